The van der Waals surface area contributed by atoms with Crippen molar-refractivity contribution in [2.75, 3.05) is 13.1 Å². The summed E-state index contributed by atoms with van der Waals surface area (Å²) in [6.45, 7) is 2.59. The maximum Gasteiger partial charge on any atom is 0.220 e. The minimum atomic E-state index is 0.0908. The van der Waals surface area contributed by atoms with Crippen LogP contribution in [0.4, 0.5) is 0 Å². The van der Waals surface area contributed by atoms with Gasteiger partial charge in [0.1, 0.15) is 6.33 Å². The Morgan fingerprint density at radius 1 is 1.67 bits per heavy atom. The van der Waals surface area contributed by atoms with Gasteiger partial charge in [-0.05, 0) is 38.3 Å². The first-order valence-corrected chi connectivity index (χ1v) is 6.56. The predicted molar refractivity (Wildman–Crippen MR) is 67.7 cm³/mol. The number of nitrogens with one attached hydrogen (secondary N) is 2. The van der Waals surface area contributed by atoms with Crippen LogP contribution in [-0.4, -0.2) is 33.8 Å². The third-order valence-corrected chi connectivity index (χ3v) is 3.27. The van der Waals surface area contributed by atoms with Crippen LogP contribution in [-0.2, 0) is 18.4 Å². The summed E-state index contributed by atoms with van der Waals surface area (Å²) in [5, 5.41) is 10.3. The van der Waals surface area contributed by atoms with Crippen molar-refractivity contribution >= 4 is 5.91 Å². The van der Waals surface area contributed by atoms with E-state index in [0.29, 0.717) is 24.7 Å². The van der Waals surface area contributed by atoms with E-state index in [2.05, 4.69) is 20.7 Å². The lowest BCUT2D eigenvalue weighted by Crippen LogP contribution is -2.31. The monoisotopic (exact) mass is 251 g/mol. The number of carbonyl (C=O) groups is 1. The molecule has 2 N–H and O–H groups in total. The van der Waals surface area contributed by atoms with Crippen LogP contribution in [0.3, 0.4) is 0 Å². The van der Waals surface area contributed by atoms with Crippen LogP contribution in [0.5, 0.6) is 0 Å². The minimum absolute atomic E-state index is 0.0908. The molecule has 0 radical (unpaired) electrons. The van der Waals surface area contributed by atoms with Crippen molar-refractivity contribution in [3.63, 3.8) is 0 Å². The van der Waals surface area contributed by atoms with Crippen LogP contribution in [0.15, 0.2) is 6.33 Å². The summed E-state index contributed by atoms with van der Waals surface area (Å²) < 4.78 is 1.63. The van der Waals surface area contributed by atoms with Gasteiger partial charge in [0.25, 0.3) is 0 Å². The van der Waals surface area contributed by atoms with Gasteiger partial charge in [-0.15, -0.1) is 0 Å². The van der Waals surface area contributed by atoms with Crippen LogP contribution in [0.2, 0.25) is 0 Å². The smallest absolute Gasteiger partial charge is 0.220 e. The number of rotatable bonds is 5. The van der Waals surface area contributed by atoms with E-state index in [1.54, 1.807) is 11.0 Å². The highest BCUT2D eigenvalue weighted by atomic mass is 16.1. The molecular weight excluding hydrogens is 230 g/mol. The molecule has 1 fully saturated rings. The molecule has 0 saturated carbocycles. The molecule has 6 nitrogen and oxygen atoms in total. The Hall–Kier alpha value is -1.43. The molecule has 1 aromatic rings. The van der Waals surface area contributed by atoms with E-state index < -0.39 is 0 Å². The van der Waals surface area contributed by atoms with Crippen molar-refractivity contribution in [1.29, 1.82) is 0 Å². The number of carbonyl (C=O) groups excluding carboxylic acids is 1. The van der Waals surface area contributed by atoms with E-state index in [1.807, 2.05) is 7.05 Å². The molecule has 0 aliphatic carbocycles. The Balaban J connectivity index is 1.62. The average Bonchev–Trinajstić information content (AvgIpc) is 2.81. The Kier molecular flexibility index (Phi) is 4.69. The van der Waals surface area contributed by atoms with Crippen molar-refractivity contribution in [3.8, 4) is 0 Å². The fourth-order valence-corrected chi connectivity index (χ4v) is 2.24. The second-order valence-electron chi connectivity index (χ2n) is 4.86. The molecule has 0 bridgehead atoms. The number of piperidine rings is 1. The maximum absolute atomic E-state index is 11.7. The number of aromatic nitrogens is 3. The molecule has 18 heavy (non-hydrogen) atoms. The van der Waals surface area contributed by atoms with E-state index in [9.17, 15) is 4.79 Å². The first-order valence-electron chi connectivity index (χ1n) is 6.56. The van der Waals surface area contributed by atoms with Gasteiger partial charge >= 0.3 is 0 Å². The summed E-state index contributed by atoms with van der Waals surface area (Å²) in [5.41, 5.74) is 0. The van der Waals surface area contributed by atoms with Crippen LogP contribution >= 0.6 is 0 Å². The van der Waals surface area contributed by atoms with E-state index >= 15 is 0 Å². The van der Waals surface area contributed by atoms with Crippen molar-refractivity contribution in [2.45, 2.75) is 32.2 Å². The van der Waals surface area contributed by atoms with Crippen LogP contribution in [0.1, 0.15) is 31.5 Å². The molecule has 1 amide bonds. The topological polar surface area (TPSA) is 71.8 Å². The lowest BCUT2D eigenvalue weighted by Gasteiger charge is -2.22. The van der Waals surface area contributed by atoms with Crippen molar-refractivity contribution in [2.24, 2.45) is 13.0 Å². The standard InChI is InChI=1S/C12H21N5O/c1-17-9-15-11(16-17)8-14-12(18)5-4-10-3-2-6-13-7-10/h9-10,13H,2-8H2,1H3,(H,14,18). The molecule has 1 aliphatic rings. The second kappa shape index (κ2) is 6.49. The number of amides is 1. The second-order valence-corrected chi connectivity index (χ2v) is 4.86. The molecule has 0 aromatic carbocycles. The Labute approximate surface area is 107 Å². The zero-order chi connectivity index (χ0) is 12.8. The normalized spacial score (nSPS) is 19.7. The minimum Gasteiger partial charge on any atom is -0.349 e. The molecule has 6 heteroatoms. The Morgan fingerprint density at radius 3 is 3.22 bits per heavy atom. The fourth-order valence-electron chi connectivity index (χ4n) is 2.24. The van der Waals surface area contributed by atoms with Crippen LogP contribution in [0.25, 0.3) is 0 Å². The van der Waals surface area contributed by atoms with Gasteiger partial charge in [-0.25, -0.2) is 4.98 Å². The van der Waals surface area contributed by atoms with Gasteiger partial charge in [-0.2, -0.15) is 5.10 Å². The molecule has 1 saturated heterocycles. The molecular formula is C12H21N5O. The first kappa shape index (κ1) is 13.0. The third-order valence-electron chi connectivity index (χ3n) is 3.27. The first-order chi connectivity index (χ1) is 8.74. The summed E-state index contributed by atoms with van der Waals surface area (Å²) in [4.78, 5) is 15.7. The zero-order valence-corrected chi connectivity index (χ0v) is 10.9. The number of hydrogen-bond donors (Lipinski definition) is 2. The molecule has 0 spiro atoms. The SMILES string of the molecule is Cn1cnc(CNC(=O)CCC2CCCNC2)n1. The summed E-state index contributed by atoms with van der Waals surface area (Å²) in [7, 11) is 1.81. The molecule has 1 unspecified atom stereocenters. The lowest BCUT2D eigenvalue weighted by atomic mass is 9.94. The van der Waals surface area contributed by atoms with Gasteiger partial charge in [0.15, 0.2) is 5.82 Å². The predicted octanol–water partition coefficient (Wildman–Crippen LogP) is 0.211. The molecule has 2 heterocycles. The average molecular weight is 251 g/mol. The number of hydrogen-bond acceptors (Lipinski definition) is 4. The van der Waals surface area contributed by atoms with Crippen LogP contribution < -0.4 is 10.6 Å². The highest BCUT2D eigenvalue weighted by Gasteiger charge is 2.14. The zero-order valence-electron chi connectivity index (χ0n) is 10.9. The molecule has 1 aliphatic heterocycles. The van der Waals surface area contributed by atoms with Crippen molar-refractivity contribution in [3.05, 3.63) is 12.2 Å². The van der Waals surface area contributed by atoms with Gasteiger partial charge in [0.2, 0.25) is 5.91 Å². The molecule has 2 rings (SSSR count). The van der Waals surface area contributed by atoms with Gasteiger partial charge in [0.05, 0.1) is 6.54 Å². The maximum atomic E-state index is 11.7. The Morgan fingerprint density at radius 2 is 2.56 bits per heavy atom. The number of nitrogens with zero attached hydrogens (tertiary/aromatic N) is 3. The van der Waals surface area contributed by atoms with Crippen molar-refractivity contribution < 1.29 is 4.79 Å². The van der Waals surface area contributed by atoms with Gasteiger partial charge < -0.3 is 10.6 Å². The summed E-state index contributed by atoms with van der Waals surface area (Å²) in [5.74, 6) is 1.40. The quantitative estimate of drug-likeness (QED) is 0.785. The van der Waals surface area contributed by atoms with E-state index in [4.69, 9.17) is 0 Å². The van der Waals surface area contributed by atoms with Crippen LogP contribution in [0, 0.1) is 5.92 Å². The highest BCUT2D eigenvalue weighted by Crippen LogP contribution is 2.15. The van der Waals surface area contributed by atoms with Gasteiger partial charge in [-0.3, -0.25) is 9.48 Å². The summed E-state index contributed by atoms with van der Waals surface area (Å²) >= 11 is 0. The summed E-state index contributed by atoms with van der Waals surface area (Å²) in [6.07, 6.45) is 5.66. The molecule has 1 aromatic heterocycles. The van der Waals surface area contributed by atoms with Gasteiger partial charge in [0, 0.05) is 13.5 Å². The highest BCUT2D eigenvalue weighted by molar-refractivity contribution is 5.75. The lowest BCUT2D eigenvalue weighted by molar-refractivity contribution is -0.121. The number of aryl methyl sites for hydroxylation is 1. The molecule has 100 valence electrons. The molecule has 1 atom stereocenters. The Bertz CT molecular complexity index is 384. The van der Waals surface area contributed by atoms with E-state index in [1.165, 1.54) is 12.8 Å². The third kappa shape index (κ3) is 4.10. The van der Waals surface area contributed by atoms with E-state index in [-0.39, 0.29) is 5.91 Å². The fraction of sp³-hybridized carbons (Fsp3) is 0.750. The van der Waals surface area contributed by atoms with E-state index in [0.717, 1.165) is 19.5 Å². The van der Waals surface area contributed by atoms with Gasteiger partial charge in [-0.1, -0.05) is 0 Å². The largest absolute Gasteiger partial charge is 0.349 e. The van der Waals surface area contributed by atoms with Crippen molar-refractivity contribution in [1.82, 2.24) is 25.4 Å². The summed E-state index contributed by atoms with van der Waals surface area (Å²) in [6, 6.07) is 0.